The van der Waals surface area contributed by atoms with Crippen LogP contribution >= 0.6 is 23.2 Å². The first-order chi connectivity index (χ1) is 18.2. The molecule has 4 aromatic rings. The third kappa shape index (κ3) is 7.77. The predicted octanol–water partition coefficient (Wildman–Crippen LogP) is 5.60. The fourth-order valence-electron chi connectivity index (χ4n) is 3.80. The SMILES string of the molecule is O=C(COc1ccc(Cl)c(Cl)c1)N(Cc1ccccc1)Cc1ccc[n+](Cc2ccc(S(=O)(=O)F)cc2)c1. The second kappa shape index (κ2) is 12.4. The molecule has 0 atom stereocenters. The van der Waals surface area contributed by atoms with Crippen LogP contribution in [0.25, 0.3) is 0 Å². The normalized spacial score (nSPS) is 11.2. The Bertz CT molecular complexity index is 1520. The van der Waals surface area contributed by atoms with Gasteiger partial charge in [0.25, 0.3) is 5.91 Å². The third-order valence-corrected chi connectivity index (χ3v) is 7.26. The molecule has 38 heavy (non-hydrogen) atoms. The van der Waals surface area contributed by atoms with Crippen molar-refractivity contribution in [2.75, 3.05) is 6.61 Å². The fourth-order valence-corrected chi connectivity index (χ4v) is 4.55. The predicted molar refractivity (Wildman–Crippen MR) is 143 cm³/mol. The van der Waals surface area contributed by atoms with Crippen LogP contribution in [0.2, 0.25) is 10.0 Å². The molecule has 0 bridgehead atoms. The maximum Gasteiger partial charge on any atom is 0.332 e. The molecule has 0 saturated heterocycles. The van der Waals surface area contributed by atoms with Gasteiger partial charge in [0.2, 0.25) is 0 Å². The summed E-state index contributed by atoms with van der Waals surface area (Å²) in [6.45, 7) is 0.978. The summed E-state index contributed by atoms with van der Waals surface area (Å²) in [5, 5.41) is 0.740. The van der Waals surface area contributed by atoms with Crippen LogP contribution in [0.5, 0.6) is 5.75 Å². The van der Waals surface area contributed by atoms with Crippen LogP contribution in [-0.2, 0) is 34.7 Å². The van der Waals surface area contributed by atoms with Crippen LogP contribution in [0.3, 0.4) is 0 Å². The molecule has 1 amide bonds. The first-order valence-corrected chi connectivity index (χ1v) is 13.7. The second-order valence-electron chi connectivity index (χ2n) is 8.57. The van der Waals surface area contributed by atoms with Gasteiger partial charge in [-0.2, -0.15) is 8.42 Å². The molecule has 3 aromatic carbocycles. The highest BCUT2D eigenvalue weighted by atomic mass is 35.5. The second-order valence-corrected chi connectivity index (χ2v) is 10.7. The maximum atomic E-state index is 13.2. The van der Waals surface area contributed by atoms with E-state index in [4.69, 9.17) is 27.9 Å². The standard InChI is InChI=1S/C28H24Cl2FN2O4S/c29-26-13-10-24(15-27(26)30)37-20-28(34)33(18-21-5-2-1-3-6-21)19-23-7-4-14-32(17-23)16-22-8-11-25(12-9-22)38(31,35)36/h1-15,17H,16,18-20H2/q+1. The Kier molecular flexibility index (Phi) is 8.99. The van der Waals surface area contributed by atoms with Crippen molar-refractivity contribution in [3.05, 3.63) is 124 Å². The molecule has 4 rings (SSSR count). The van der Waals surface area contributed by atoms with Gasteiger partial charge in [-0.15, -0.1) is 3.89 Å². The van der Waals surface area contributed by atoms with Crippen molar-refractivity contribution in [2.45, 2.75) is 24.5 Å². The summed E-state index contributed by atoms with van der Waals surface area (Å²) in [5.41, 5.74) is 2.66. The molecule has 0 aliphatic carbocycles. The summed E-state index contributed by atoms with van der Waals surface area (Å²) in [4.78, 5) is 14.5. The number of pyridine rings is 1. The van der Waals surface area contributed by atoms with Crippen LogP contribution in [0.15, 0.2) is 102 Å². The number of amides is 1. The van der Waals surface area contributed by atoms with Gasteiger partial charge in [-0.05, 0) is 35.9 Å². The monoisotopic (exact) mass is 573 g/mol. The molecular weight excluding hydrogens is 550 g/mol. The maximum absolute atomic E-state index is 13.2. The number of hydrogen-bond acceptors (Lipinski definition) is 4. The van der Waals surface area contributed by atoms with Crippen LogP contribution in [-0.4, -0.2) is 25.8 Å². The smallest absolute Gasteiger partial charge is 0.332 e. The first-order valence-electron chi connectivity index (χ1n) is 11.6. The molecular formula is C28H24Cl2FN2O4S+. The summed E-state index contributed by atoms with van der Waals surface area (Å²) in [6.07, 6.45) is 3.77. The zero-order chi connectivity index (χ0) is 27.1. The van der Waals surface area contributed by atoms with E-state index < -0.39 is 10.2 Å². The Morgan fingerprint density at radius 2 is 1.53 bits per heavy atom. The number of aromatic nitrogens is 1. The fraction of sp³-hybridized carbons (Fsp3) is 0.143. The summed E-state index contributed by atoms with van der Waals surface area (Å²) in [5.74, 6) is 0.231. The van der Waals surface area contributed by atoms with Crippen molar-refractivity contribution in [3.8, 4) is 5.75 Å². The van der Waals surface area contributed by atoms with E-state index in [0.29, 0.717) is 35.4 Å². The number of hydrogen-bond donors (Lipinski definition) is 0. The van der Waals surface area contributed by atoms with Gasteiger partial charge in [0.05, 0.1) is 21.5 Å². The minimum Gasteiger partial charge on any atom is -0.484 e. The number of rotatable bonds is 10. The van der Waals surface area contributed by atoms with Gasteiger partial charge < -0.3 is 9.64 Å². The number of carbonyl (C=O) groups is 1. The molecule has 0 aliphatic rings. The number of nitrogens with zero attached hydrogens (tertiary/aromatic N) is 2. The molecule has 6 nitrogen and oxygen atoms in total. The van der Waals surface area contributed by atoms with Gasteiger partial charge in [-0.3, -0.25) is 4.79 Å². The number of carbonyl (C=O) groups excluding carboxylic acids is 1. The largest absolute Gasteiger partial charge is 0.484 e. The molecule has 0 unspecified atom stereocenters. The Morgan fingerprint density at radius 1 is 0.842 bits per heavy atom. The topological polar surface area (TPSA) is 67.6 Å². The van der Waals surface area contributed by atoms with Crippen LogP contribution in [0.1, 0.15) is 16.7 Å². The Morgan fingerprint density at radius 3 is 2.21 bits per heavy atom. The van der Waals surface area contributed by atoms with Gasteiger partial charge in [0, 0.05) is 29.8 Å². The quantitative estimate of drug-likeness (QED) is 0.183. The van der Waals surface area contributed by atoms with Crippen LogP contribution in [0.4, 0.5) is 3.89 Å². The summed E-state index contributed by atoms with van der Waals surface area (Å²) < 4.78 is 42.9. The van der Waals surface area contributed by atoms with E-state index in [2.05, 4.69) is 0 Å². The number of benzene rings is 3. The van der Waals surface area contributed by atoms with Gasteiger partial charge in [0.15, 0.2) is 25.5 Å². The van der Waals surface area contributed by atoms with Crippen molar-refractivity contribution < 1.29 is 26.4 Å². The lowest BCUT2D eigenvalue weighted by Gasteiger charge is -2.23. The molecule has 0 aliphatic heterocycles. The highest BCUT2D eigenvalue weighted by molar-refractivity contribution is 7.86. The average Bonchev–Trinajstić information content (AvgIpc) is 2.89. The van der Waals surface area contributed by atoms with E-state index in [1.165, 1.54) is 12.1 Å². The zero-order valence-corrected chi connectivity index (χ0v) is 22.5. The van der Waals surface area contributed by atoms with E-state index in [1.54, 1.807) is 35.2 Å². The van der Waals surface area contributed by atoms with Gasteiger partial charge >= 0.3 is 10.2 Å². The summed E-state index contributed by atoms with van der Waals surface area (Å²) >= 11 is 12.0. The lowest BCUT2D eigenvalue weighted by Crippen LogP contribution is -2.37. The van der Waals surface area contributed by atoms with E-state index in [-0.39, 0.29) is 17.4 Å². The molecule has 196 valence electrons. The average molecular weight is 574 g/mol. The minimum absolute atomic E-state index is 0.179. The Hall–Kier alpha value is -3.46. The van der Waals surface area contributed by atoms with Gasteiger partial charge in [0.1, 0.15) is 5.75 Å². The van der Waals surface area contributed by atoms with Crippen molar-refractivity contribution in [2.24, 2.45) is 0 Å². The van der Waals surface area contributed by atoms with Crippen LogP contribution < -0.4 is 9.30 Å². The Labute approximate surface area is 231 Å². The highest BCUT2D eigenvalue weighted by Crippen LogP contribution is 2.26. The lowest BCUT2D eigenvalue weighted by atomic mass is 10.2. The minimum atomic E-state index is -4.74. The van der Waals surface area contributed by atoms with Crippen molar-refractivity contribution >= 4 is 39.3 Å². The molecule has 0 radical (unpaired) electrons. The Balaban J connectivity index is 1.48. The molecule has 10 heteroatoms. The van der Waals surface area contributed by atoms with Gasteiger partial charge in [-0.25, -0.2) is 4.57 Å². The van der Waals surface area contributed by atoms with E-state index >= 15 is 0 Å². The van der Waals surface area contributed by atoms with E-state index in [0.717, 1.165) is 16.7 Å². The van der Waals surface area contributed by atoms with Crippen molar-refractivity contribution in [1.29, 1.82) is 0 Å². The van der Waals surface area contributed by atoms with Crippen molar-refractivity contribution in [1.82, 2.24) is 4.90 Å². The third-order valence-electron chi connectivity index (χ3n) is 5.69. The van der Waals surface area contributed by atoms with E-state index in [9.17, 15) is 17.1 Å². The summed E-state index contributed by atoms with van der Waals surface area (Å²) in [6, 6.07) is 23.9. The van der Waals surface area contributed by atoms with Gasteiger partial charge in [-0.1, -0.05) is 65.7 Å². The van der Waals surface area contributed by atoms with Crippen molar-refractivity contribution in [3.63, 3.8) is 0 Å². The lowest BCUT2D eigenvalue weighted by molar-refractivity contribution is -0.688. The zero-order valence-electron chi connectivity index (χ0n) is 20.1. The highest BCUT2D eigenvalue weighted by Gasteiger charge is 2.18. The molecule has 0 fully saturated rings. The molecule has 0 N–H and O–H groups in total. The molecule has 1 aromatic heterocycles. The molecule has 1 heterocycles. The molecule has 0 spiro atoms. The number of ether oxygens (including phenoxy) is 1. The molecule has 0 saturated carbocycles. The summed E-state index contributed by atoms with van der Waals surface area (Å²) in [7, 11) is -4.74. The van der Waals surface area contributed by atoms with E-state index in [1.807, 2.05) is 59.4 Å². The van der Waals surface area contributed by atoms with Crippen LogP contribution in [0, 0.1) is 0 Å². The first kappa shape index (κ1) is 27.6. The number of halogens is 3.